The van der Waals surface area contributed by atoms with Gasteiger partial charge >= 0.3 is 6.18 Å². The maximum Gasteiger partial charge on any atom is 0.399 e. The normalized spacial score (nSPS) is 12.5. The number of alkyl halides is 3. The van der Waals surface area contributed by atoms with Crippen molar-refractivity contribution in [3.8, 4) is 0 Å². The van der Waals surface area contributed by atoms with Crippen molar-refractivity contribution >= 4 is 64.1 Å². The number of hydrogen-bond acceptors (Lipinski definition) is 2. The highest BCUT2D eigenvalue weighted by Crippen LogP contribution is 2.41. The van der Waals surface area contributed by atoms with Gasteiger partial charge in [0.05, 0.1) is 21.0 Å². The van der Waals surface area contributed by atoms with E-state index in [1.807, 2.05) is 6.92 Å². The van der Waals surface area contributed by atoms with Crippen LogP contribution in [0.3, 0.4) is 0 Å². The SMILES string of the molecule is CCNC(=S)NCCNC(=O)c1ccc(/C=C/C(c2cc(Cl)c(Cl)c(Cl)c2)C(F)(F)F)cc1C. The van der Waals surface area contributed by atoms with Crippen molar-refractivity contribution in [2.24, 2.45) is 0 Å². The van der Waals surface area contributed by atoms with Gasteiger partial charge in [-0.25, -0.2) is 0 Å². The Morgan fingerprint density at radius 3 is 2.24 bits per heavy atom. The molecule has 0 aromatic heterocycles. The molecule has 0 aliphatic carbocycles. The van der Waals surface area contributed by atoms with Gasteiger partial charge in [-0.1, -0.05) is 59.1 Å². The number of rotatable bonds is 8. The second-order valence-corrected chi connectivity index (χ2v) is 8.89. The Kier molecular flexibility index (Phi) is 10.5. The molecule has 184 valence electrons. The van der Waals surface area contributed by atoms with Crippen molar-refractivity contribution in [2.45, 2.75) is 25.9 Å². The van der Waals surface area contributed by atoms with Gasteiger partial charge in [0.2, 0.25) is 0 Å². The summed E-state index contributed by atoms with van der Waals surface area (Å²) in [6.07, 6.45) is -2.22. The molecule has 11 heteroatoms. The Bertz CT molecular complexity index is 1050. The molecule has 0 fully saturated rings. The molecule has 0 aliphatic heterocycles. The monoisotopic (exact) mass is 551 g/mol. The molecule has 0 saturated heterocycles. The first kappa shape index (κ1) is 28.2. The summed E-state index contributed by atoms with van der Waals surface area (Å²) >= 11 is 22.7. The Labute approximate surface area is 216 Å². The number of hydrogen-bond donors (Lipinski definition) is 3. The fourth-order valence-electron chi connectivity index (χ4n) is 3.09. The lowest BCUT2D eigenvalue weighted by Gasteiger charge is -2.18. The van der Waals surface area contributed by atoms with Crippen LogP contribution in [-0.2, 0) is 0 Å². The molecule has 0 bridgehead atoms. The molecular formula is C23H23Cl3F3N3OS. The number of halogens is 6. The predicted molar refractivity (Wildman–Crippen MR) is 137 cm³/mol. The summed E-state index contributed by atoms with van der Waals surface area (Å²) in [7, 11) is 0. The van der Waals surface area contributed by atoms with Crippen LogP contribution < -0.4 is 16.0 Å². The quantitative estimate of drug-likeness (QED) is 0.198. The molecule has 0 heterocycles. The summed E-state index contributed by atoms with van der Waals surface area (Å²) in [4.78, 5) is 12.4. The van der Waals surface area contributed by atoms with Gasteiger partial charge < -0.3 is 16.0 Å². The summed E-state index contributed by atoms with van der Waals surface area (Å²) < 4.78 is 41.2. The third-order valence-electron chi connectivity index (χ3n) is 4.73. The summed E-state index contributed by atoms with van der Waals surface area (Å²) in [5.41, 5.74) is 1.43. The smallest absolute Gasteiger partial charge is 0.363 e. The molecule has 2 aromatic carbocycles. The summed E-state index contributed by atoms with van der Waals surface area (Å²) in [5, 5.41) is 9.05. The van der Waals surface area contributed by atoms with Crippen molar-refractivity contribution in [3.05, 3.63) is 73.7 Å². The van der Waals surface area contributed by atoms with Gasteiger partial charge in [0.15, 0.2) is 5.11 Å². The molecule has 0 aliphatic rings. The second-order valence-electron chi connectivity index (χ2n) is 7.29. The van der Waals surface area contributed by atoms with E-state index in [0.717, 1.165) is 18.2 Å². The molecule has 2 rings (SSSR count). The van der Waals surface area contributed by atoms with Gasteiger partial charge in [-0.05, 0) is 61.0 Å². The molecule has 0 spiro atoms. The molecule has 1 amide bonds. The van der Waals surface area contributed by atoms with Gasteiger partial charge in [-0.15, -0.1) is 0 Å². The van der Waals surface area contributed by atoms with Crippen LogP contribution in [-0.4, -0.2) is 36.8 Å². The number of carbonyl (C=O) groups is 1. The van der Waals surface area contributed by atoms with E-state index < -0.39 is 12.1 Å². The van der Waals surface area contributed by atoms with Crippen molar-refractivity contribution in [1.82, 2.24) is 16.0 Å². The minimum Gasteiger partial charge on any atom is -0.363 e. The van der Waals surface area contributed by atoms with Gasteiger partial charge in [0, 0.05) is 25.2 Å². The third kappa shape index (κ3) is 8.05. The van der Waals surface area contributed by atoms with E-state index in [-0.39, 0.29) is 26.5 Å². The summed E-state index contributed by atoms with van der Waals surface area (Å²) in [5.74, 6) is -2.23. The third-order valence-corrected chi connectivity index (χ3v) is 6.21. The van der Waals surface area contributed by atoms with Crippen LogP contribution in [0.4, 0.5) is 13.2 Å². The number of thiocarbonyl (C=S) groups is 1. The van der Waals surface area contributed by atoms with Crippen LogP contribution >= 0.6 is 47.0 Å². The van der Waals surface area contributed by atoms with E-state index in [2.05, 4.69) is 16.0 Å². The molecule has 3 N–H and O–H groups in total. The number of benzene rings is 2. The maximum absolute atomic E-state index is 13.7. The average Bonchev–Trinajstić information content (AvgIpc) is 2.74. The zero-order valence-electron chi connectivity index (χ0n) is 18.3. The topological polar surface area (TPSA) is 53.2 Å². The van der Waals surface area contributed by atoms with Crippen molar-refractivity contribution in [3.63, 3.8) is 0 Å². The molecule has 34 heavy (non-hydrogen) atoms. The first-order chi connectivity index (χ1) is 15.9. The highest BCUT2D eigenvalue weighted by atomic mass is 35.5. The van der Waals surface area contributed by atoms with E-state index in [1.165, 1.54) is 6.08 Å². The van der Waals surface area contributed by atoms with Crippen molar-refractivity contribution < 1.29 is 18.0 Å². The Hall–Kier alpha value is -2.00. The molecular weight excluding hydrogens is 530 g/mol. The summed E-state index contributed by atoms with van der Waals surface area (Å²) in [6, 6.07) is 7.08. The van der Waals surface area contributed by atoms with Gasteiger partial charge in [0.25, 0.3) is 5.91 Å². The summed E-state index contributed by atoms with van der Waals surface area (Å²) in [6.45, 7) is 5.14. The standard InChI is InChI=1S/C23H23Cl3F3N3OS/c1-3-30-22(34)32-9-8-31-21(33)16-6-4-14(10-13(16)2)5-7-17(23(27,28)29)15-11-18(24)20(26)19(25)12-15/h4-7,10-12,17H,3,8-9H2,1-2H3,(H,31,33)(H2,30,32,34)/b7-5+. The Morgan fingerprint density at radius 1 is 1.06 bits per heavy atom. The molecule has 0 saturated carbocycles. The second kappa shape index (κ2) is 12.6. The highest BCUT2D eigenvalue weighted by molar-refractivity contribution is 7.80. The van der Waals surface area contributed by atoms with Crippen LogP contribution in [0, 0.1) is 6.92 Å². The predicted octanol–water partition coefficient (Wildman–Crippen LogP) is 6.53. The average molecular weight is 553 g/mol. The molecule has 1 unspecified atom stereocenters. The fraction of sp³-hybridized carbons (Fsp3) is 0.304. The van der Waals surface area contributed by atoms with Crippen LogP contribution in [0.5, 0.6) is 0 Å². The van der Waals surface area contributed by atoms with Gasteiger partial charge in [-0.3, -0.25) is 4.79 Å². The van der Waals surface area contributed by atoms with Crippen LogP contribution in [0.25, 0.3) is 6.08 Å². The van der Waals surface area contributed by atoms with Crippen LogP contribution in [0.2, 0.25) is 15.1 Å². The van der Waals surface area contributed by atoms with Gasteiger partial charge in [0.1, 0.15) is 0 Å². The van der Waals surface area contributed by atoms with E-state index >= 15 is 0 Å². The van der Waals surface area contributed by atoms with E-state index in [4.69, 9.17) is 47.0 Å². The fourth-order valence-corrected chi connectivity index (χ4v) is 3.95. The number of carbonyl (C=O) groups excluding carboxylic acids is 1. The largest absolute Gasteiger partial charge is 0.399 e. The number of amides is 1. The van der Waals surface area contributed by atoms with E-state index in [9.17, 15) is 18.0 Å². The zero-order valence-corrected chi connectivity index (χ0v) is 21.4. The Balaban J connectivity index is 2.12. The molecule has 1 atom stereocenters. The maximum atomic E-state index is 13.7. The number of allylic oxidation sites excluding steroid dienone is 1. The number of aryl methyl sites for hydroxylation is 1. The van der Waals surface area contributed by atoms with E-state index in [1.54, 1.807) is 25.1 Å². The zero-order chi connectivity index (χ0) is 25.5. The van der Waals surface area contributed by atoms with Crippen LogP contribution in [0.15, 0.2) is 36.4 Å². The molecule has 4 nitrogen and oxygen atoms in total. The van der Waals surface area contributed by atoms with Crippen molar-refractivity contribution in [2.75, 3.05) is 19.6 Å². The van der Waals surface area contributed by atoms with Gasteiger partial charge in [-0.2, -0.15) is 13.2 Å². The van der Waals surface area contributed by atoms with E-state index in [0.29, 0.717) is 41.4 Å². The highest BCUT2D eigenvalue weighted by Gasteiger charge is 2.39. The minimum absolute atomic E-state index is 0.00223. The van der Waals surface area contributed by atoms with Crippen molar-refractivity contribution in [1.29, 1.82) is 0 Å². The Morgan fingerprint density at radius 2 is 1.68 bits per heavy atom. The number of nitrogens with one attached hydrogen (secondary N) is 3. The minimum atomic E-state index is -4.57. The lowest BCUT2D eigenvalue weighted by Crippen LogP contribution is -2.40. The lowest BCUT2D eigenvalue weighted by molar-refractivity contribution is -0.139. The van der Waals surface area contributed by atoms with Crippen LogP contribution in [0.1, 0.15) is 39.9 Å². The first-order valence-corrected chi connectivity index (χ1v) is 11.8. The first-order valence-electron chi connectivity index (χ1n) is 10.2. The lowest BCUT2D eigenvalue weighted by atomic mass is 9.96. The molecule has 0 radical (unpaired) electrons. The molecule has 2 aromatic rings.